The Labute approximate surface area is 125 Å². The van der Waals surface area contributed by atoms with E-state index in [4.69, 9.17) is 18.0 Å². The van der Waals surface area contributed by atoms with Crippen molar-refractivity contribution in [3.8, 4) is 0 Å². The van der Waals surface area contributed by atoms with Gasteiger partial charge >= 0.3 is 0 Å². The highest BCUT2D eigenvalue weighted by molar-refractivity contribution is 7.89. The van der Waals surface area contributed by atoms with Crippen molar-refractivity contribution in [2.75, 3.05) is 13.1 Å². The Morgan fingerprint density at radius 2 is 2.00 bits per heavy atom. The summed E-state index contributed by atoms with van der Waals surface area (Å²) in [5.41, 5.74) is 5.49. The lowest BCUT2D eigenvalue weighted by molar-refractivity contribution is 0.243. The van der Waals surface area contributed by atoms with E-state index >= 15 is 0 Å². The number of hydrogen-bond donors (Lipinski definition) is 1. The third-order valence-electron chi connectivity index (χ3n) is 4.11. The van der Waals surface area contributed by atoms with Crippen molar-refractivity contribution in [3.05, 3.63) is 12.0 Å². The Balaban J connectivity index is 2.19. The Morgan fingerprint density at radius 1 is 1.45 bits per heavy atom. The summed E-state index contributed by atoms with van der Waals surface area (Å²) >= 11 is 5.07. The van der Waals surface area contributed by atoms with Gasteiger partial charge < -0.3 is 10.3 Å². The van der Waals surface area contributed by atoms with Crippen molar-refractivity contribution in [2.45, 2.75) is 31.7 Å². The van der Waals surface area contributed by atoms with Crippen LogP contribution in [-0.4, -0.2) is 40.4 Å². The first-order valence-electron chi connectivity index (χ1n) is 6.47. The van der Waals surface area contributed by atoms with Crippen LogP contribution < -0.4 is 5.73 Å². The fourth-order valence-electron chi connectivity index (χ4n) is 2.25. The largest absolute Gasteiger partial charge is 0.393 e. The summed E-state index contributed by atoms with van der Waals surface area (Å²) < 4.78 is 28.2. The Kier molecular flexibility index (Phi) is 3.92. The number of sulfonamides is 1. The van der Waals surface area contributed by atoms with Gasteiger partial charge in [-0.05, 0) is 19.8 Å². The second kappa shape index (κ2) is 5.09. The summed E-state index contributed by atoms with van der Waals surface area (Å²) in [6, 6.07) is 0. The van der Waals surface area contributed by atoms with E-state index in [1.165, 1.54) is 4.31 Å². The number of nitrogens with two attached hydrogens (primary N) is 1. The number of thiocarbonyl (C=S) groups is 1. The summed E-state index contributed by atoms with van der Waals surface area (Å²) in [5, 5.41) is 0.108. The summed E-state index contributed by atoms with van der Waals surface area (Å²) in [6.45, 7) is 4.61. The molecule has 0 unspecified atom stereocenters. The van der Waals surface area contributed by atoms with E-state index in [0.717, 1.165) is 0 Å². The molecule has 1 saturated heterocycles. The van der Waals surface area contributed by atoms with Gasteiger partial charge in [0.1, 0.15) is 5.82 Å². The van der Waals surface area contributed by atoms with Gasteiger partial charge in [0.25, 0.3) is 10.0 Å². The van der Waals surface area contributed by atoms with E-state index < -0.39 is 10.0 Å². The quantitative estimate of drug-likeness (QED) is 0.835. The highest BCUT2D eigenvalue weighted by atomic mass is 32.2. The van der Waals surface area contributed by atoms with Crippen molar-refractivity contribution in [2.24, 2.45) is 18.2 Å². The van der Waals surface area contributed by atoms with Crippen LogP contribution in [0.25, 0.3) is 0 Å². The van der Waals surface area contributed by atoms with Crippen molar-refractivity contribution in [1.29, 1.82) is 0 Å². The average molecular weight is 316 g/mol. The van der Waals surface area contributed by atoms with Crippen LogP contribution in [0.4, 0.5) is 0 Å². The molecule has 2 rings (SSSR count). The van der Waals surface area contributed by atoms with Crippen LogP contribution in [0.1, 0.15) is 25.6 Å². The van der Waals surface area contributed by atoms with Gasteiger partial charge in [0.15, 0.2) is 5.03 Å². The van der Waals surface area contributed by atoms with E-state index in [9.17, 15) is 8.42 Å². The third-order valence-corrected chi connectivity index (χ3v) is 6.37. The lowest BCUT2D eigenvalue weighted by atomic mass is 9.81. The van der Waals surface area contributed by atoms with E-state index in [1.807, 2.05) is 6.92 Å². The monoisotopic (exact) mass is 316 g/mol. The third kappa shape index (κ3) is 2.59. The van der Waals surface area contributed by atoms with Gasteiger partial charge in [-0.2, -0.15) is 4.31 Å². The first kappa shape index (κ1) is 15.4. The fraction of sp³-hybridized carbons (Fsp3) is 0.667. The second-order valence-electron chi connectivity index (χ2n) is 5.57. The molecule has 1 aliphatic heterocycles. The predicted octanol–water partition coefficient (Wildman–Crippen LogP) is 0.805. The van der Waals surface area contributed by atoms with Crippen LogP contribution in [0, 0.1) is 12.3 Å². The molecule has 0 amide bonds. The number of rotatable bonds is 3. The molecule has 1 aliphatic rings. The first-order valence-corrected chi connectivity index (χ1v) is 8.32. The molecule has 20 heavy (non-hydrogen) atoms. The zero-order valence-corrected chi connectivity index (χ0v) is 13.6. The minimum Gasteiger partial charge on any atom is -0.393 e. The van der Waals surface area contributed by atoms with Crippen molar-refractivity contribution in [3.63, 3.8) is 0 Å². The maximum absolute atomic E-state index is 12.5. The van der Waals surface area contributed by atoms with E-state index in [1.54, 1.807) is 24.7 Å². The molecule has 6 nitrogen and oxygen atoms in total. The molecular weight excluding hydrogens is 296 g/mol. The van der Waals surface area contributed by atoms with Gasteiger partial charge in [0, 0.05) is 31.7 Å². The Hall–Kier alpha value is -0.990. The maximum Gasteiger partial charge on any atom is 0.262 e. The van der Waals surface area contributed by atoms with Gasteiger partial charge in [-0.15, -0.1) is 0 Å². The molecule has 2 N–H and O–H groups in total. The number of nitrogens with zero attached hydrogens (tertiary/aromatic N) is 3. The minimum atomic E-state index is -3.52. The van der Waals surface area contributed by atoms with Gasteiger partial charge in [-0.1, -0.05) is 19.1 Å². The summed E-state index contributed by atoms with van der Waals surface area (Å²) in [5.74, 6) is 0.675. The van der Waals surface area contributed by atoms with Crippen LogP contribution in [0.15, 0.2) is 11.2 Å². The molecule has 0 saturated carbocycles. The summed E-state index contributed by atoms with van der Waals surface area (Å²) in [7, 11) is -1.74. The molecule has 0 spiro atoms. The average Bonchev–Trinajstić information content (AvgIpc) is 2.71. The van der Waals surface area contributed by atoms with Crippen molar-refractivity contribution >= 4 is 27.2 Å². The number of aryl methyl sites for hydroxylation is 2. The standard InChI is InChI=1S/C12H20N4O2S2/c1-9-14-10(8-15(9)3)20(17,18)16-6-4-12(2,5-7-16)11(13)19/h8H,4-7H2,1-3H3,(H2,13,19). The summed E-state index contributed by atoms with van der Waals surface area (Å²) in [4.78, 5) is 4.57. The zero-order valence-electron chi connectivity index (χ0n) is 12.0. The van der Waals surface area contributed by atoms with Crippen LogP contribution in [0.5, 0.6) is 0 Å². The lowest BCUT2D eigenvalue weighted by Crippen LogP contribution is -2.46. The minimum absolute atomic E-state index is 0.108. The number of piperidine rings is 1. The molecule has 1 fully saturated rings. The zero-order chi connectivity index (χ0) is 15.1. The van der Waals surface area contributed by atoms with Crippen LogP contribution in [0.2, 0.25) is 0 Å². The summed E-state index contributed by atoms with van der Waals surface area (Å²) in [6.07, 6.45) is 2.84. The van der Waals surface area contributed by atoms with Gasteiger partial charge in [0.05, 0.1) is 4.99 Å². The highest BCUT2D eigenvalue weighted by Gasteiger charge is 2.38. The topological polar surface area (TPSA) is 81.2 Å². The molecule has 2 heterocycles. The molecule has 8 heteroatoms. The Bertz CT molecular complexity index is 608. The molecule has 1 aromatic heterocycles. The fourth-order valence-corrected chi connectivity index (χ4v) is 3.92. The van der Waals surface area contributed by atoms with Crippen LogP contribution >= 0.6 is 12.2 Å². The SMILES string of the molecule is Cc1nc(S(=O)(=O)N2CCC(C)(C(N)=S)CC2)cn1C. The van der Waals surface area contributed by atoms with E-state index in [-0.39, 0.29) is 10.4 Å². The molecule has 0 radical (unpaired) electrons. The highest BCUT2D eigenvalue weighted by Crippen LogP contribution is 2.33. The lowest BCUT2D eigenvalue weighted by Gasteiger charge is -2.37. The number of hydrogen-bond acceptors (Lipinski definition) is 4. The smallest absolute Gasteiger partial charge is 0.262 e. The number of imidazole rings is 1. The predicted molar refractivity (Wildman–Crippen MR) is 80.8 cm³/mol. The van der Waals surface area contributed by atoms with Crippen LogP contribution in [-0.2, 0) is 17.1 Å². The molecule has 0 aromatic carbocycles. The molecule has 112 valence electrons. The van der Waals surface area contributed by atoms with E-state index in [0.29, 0.717) is 36.7 Å². The Morgan fingerprint density at radius 3 is 2.40 bits per heavy atom. The van der Waals surface area contributed by atoms with Gasteiger partial charge in [-0.3, -0.25) is 0 Å². The molecule has 0 atom stereocenters. The molecule has 1 aromatic rings. The van der Waals surface area contributed by atoms with Gasteiger partial charge in [-0.25, -0.2) is 13.4 Å². The van der Waals surface area contributed by atoms with E-state index in [2.05, 4.69) is 4.98 Å². The second-order valence-corrected chi connectivity index (χ2v) is 7.89. The normalized spacial score (nSPS) is 19.9. The van der Waals surface area contributed by atoms with Crippen LogP contribution in [0.3, 0.4) is 0 Å². The number of aromatic nitrogens is 2. The first-order chi connectivity index (χ1) is 9.17. The maximum atomic E-state index is 12.5. The molecular formula is C12H20N4O2S2. The molecule has 0 aliphatic carbocycles. The molecule has 0 bridgehead atoms. The van der Waals surface area contributed by atoms with Crippen molar-refractivity contribution < 1.29 is 8.42 Å². The van der Waals surface area contributed by atoms with Crippen molar-refractivity contribution in [1.82, 2.24) is 13.9 Å². The van der Waals surface area contributed by atoms with Gasteiger partial charge in [0.2, 0.25) is 0 Å².